The lowest BCUT2D eigenvalue weighted by molar-refractivity contribution is -0.116. The highest BCUT2D eigenvalue weighted by Crippen LogP contribution is 2.43. The van der Waals surface area contributed by atoms with Crippen molar-refractivity contribution in [1.29, 1.82) is 0 Å². The number of carbonyl (C=O) groups is 1. The molecule has 1 N–H and O–H groups in total. The van der Waals surface area contributed by atoms with Gasteiger partial charge in [0.05, 0.1) is 10.6 Å². The van der Waals surface area contributed by atoms with E-state index < -0.39 is 16.1 Å². The van der Waals surface area contributed by atoms with Crippen molar-refractivity contribution in [2.75, 3.05) is 9.62 Å². The molecule has 1 atom stereocenters. The summed E-state index contributed by atoms with van der Waals surface area (Å²) in [6.07, 6.45) is 0. The zero-order valence-corrected chi connectivity index (χ0v) is 19.6. The Morgan fingerprint density at radius 2 is 1.65 bits per heavy atom. The number of carbonyl (C=O) groups excluding carboxylic acids is 1. The first kappa shape index (κ1) is 20.7. The molecule has 4 aromatic carbocycles. The van der Waals surface area contributed by atoms with E-state index in [0.717, 1.165) is 33.7 Å². The Labute approximate surface area is 197 Å². The van der Waals surface area contributed by atoms with E-state index in [-0.39, 0.29) is 10.8 Å². The summed E-state index contributed by atoms with van der Waals surface area (Å²) in [5.41, 5.74) is 3.41. The molecule has 1 aliphatic heterocycles. The zero-order chi connectivity index (χ0) is 23.6. The number of aromatic nitrogens is 1. The lowest BCUT2D eigenvalue weighted by atomic mass is 10.1. The van der Waals surface area contributed by atoms with Crippen LogP contribution in [0.4, 0.5) is 11.4 Å². The second-order valence-electron chi connectivity index (χ2n) is 8.59. The molecule has 34 heavy (non-hydrogen) atoms. The van der Waals surface area contributed by atoms with Crippen LogP contribution in [0.3, 0.4) is 0 Å². The van der Waals surface area contributed by atoms with Crippen LogP contribution in [0, 0.1) is 0 Å². The fourth-order valence-electron chi connectivity index (χ4n) is 5.16. The molecule has 6 rings (SSSR count). The van der Waals surface area contributed by atoms with Crippen molar-refractivity contribution in [3.05, 3.63) is 78.9 Å². The minimum absolute atomic E-state index is 0.244. The normalized spacial score (nSPS) is 15.3. The Morgan fingerprint density at radius 1 is 0.912 bits per heavy atom. The minimum atomic E-state index is -3.83. The number of amides is 1. The van der Waals surface area contributed by atoms with E-state index in [2.05, 4.69) is 28.9 Å². The Kier molecular flexibility index (Phi) is 4.47. The second-order valence-corrected chi connectivity index (χ2v) is 10.4. The maximum Gasteiger partial charge on any atom is 0.265 e. The molecule has 7 heteroatoms. The molecular formula is C27H23N3O3S. The molecule has 170 valence electrons. The number of hydrogen-bond donors (Lipinski definition) is 1. The summed E-state index contributed by atoms with van der Waals surface area (Å²) in [6.45, 7) is 4.57. The van der Waals surface area contributed by atoms with Crippen molar-refractivity contribution < 1.29 is 13.2 Å². The number of rotatable bonds is 4. The highest BCUT2D eigenvalue weighted by Gasteiger charge is 2.40. The molecule has 0 unspecified atom stereocenters. The van der Waals surface area contributed by atoms with E-state index in [1.54, 1.807) is 25.1 Å². The zero-order valence-electron chi connectivity index (χ0n) is 18.8. The molecule has 0 spiro atoms. The summed E-state index contributed by atoms with van der Waals surface area (Å²) >= 11 is 0. The van der Waals surface area contributed by atoms with Gasteiger partial charge >= 0.3 is 0 Å². The van der Waals surface area contributed by atoms with Crippen molar-refractivity contribution in [2.24, 2.45) is 0 Å². The summed E-state index contributed by atoms with van der Waals surface area (Å²) in [6, 6.07) is 23.8. The number of sulfonamides is 1. The highest BCUT2D eigenvalue weighted by molar-refractivity contribution is 7.93. The quantitative estimate of drug-likeness (QED) is 0.378. The predicted molar refractivity (Wildman–Crippen MR) is 137 cm³/mol. The largest absolute Gasteiger partial charge is 0.341 e. The van der Waals surface area contributed by atoms with Gasteiger partial charge in [-0.1, -0.05) is 42.5 Å². The van der Waals surface area contributed by atoms with Gasteiger partial charge in [0, 0.05) is 39.4 Å². The van der Waals surface area contributed by atoms with Gasteiger partial charge in [0.15, 0.2) is 0 Å². The summed E-state index contributed by atoms with van der Waals surface area (Å²) in [5, 5.41) is 6.62. The molecule has 0 bridgehead atoms. The van der Waals surface area contributed by atoms with Gasteiger partial charge in [-0.15, -0.1) is 0 Å². The first-order valence-corrected chi connectivity index (χ1v) is 12.7. The molecular weight excluding hydrogens is 446 g/mol. The van der Waals surface area contributed by atoms with Crippen LogP contribution >= 0.6 is 0 Å². The Bertz CT molecular complexity index is 1730. The van der Waals surface area contributed by atoms with Crippen LogP contribution in [0.5, 0.6) is 0 Å². The lowest BCUT2D eigenvalue weighted by Crippen LogP contribution is -2.43. The third kappa shape index (κ3) is 2.80. The van der Waals surface area contributed by atoms with Gasteiger partial charge in [0.1, 0.15) is 6.04 Å². The predicted octanol–water partition coefficient (Wildman–Crippen LogP) is 5.50. The molecule has 0 saturated carbocycles. The Balaban J connectivity index is 1.37. The molecule has 1 aliphatic rings. The van der Waals surface area contributed by atoms with Crippen LogP contribution in [0.25, 0.3) is 32.6 Å². The van der Waals surface area contributed by atoms with Crippen LogP contribution in [0.1, 0.15) is 13.8 Å². The van der Waals surface area contributed by atoms with Gasteiger partial charge in [0.25, 0.3) is 10.0 Å². The van der Waals surface area contributed by atoms with Crippen LogP contribution in [-0.2, 0) is 21.4 Å². The van der Waals surface area contributed by atoms with E-state index in [9.17, 15) is 13.2 Å². The summed E-state index contributed by atoms with van der Waals surface area (Å²) in [4.78, 5) is 13.5. The monoisotopic (exact) mass is 469 g/mol. The molecule has 2 heterocycles. The van der Waals surface area contributed by atoms with Crippen molar-refractivity contribution in [3.8, 4) is 0 Å². The number of benzene rings is 4. The molecule has 0 saturated heterocycles. The second kappa shape index (κ2) is 7.33. The van der Waals surface area contributed by atoms with Gasteiger partial charge in [-0.3, -0.25) is 9.10 Å². The SMILES string of the molecule is CCn1c2ccccc2c2cc(NC(=O)[C@@H](C)N3c4cccc5cccc(c45)S3(=O)=O)ccc21. The van der Waals surface area contributed by atoms with Gasteiger partial charge in [-0.2, -0.15) is 0 Å². The standard InChI is InChI=1S/C27H23N3O3S/c1-3-29-22-11-5-4-10-20(22)21-16-19(14-15-23(21)29)28-27(31)17(2)30-24-12-6-8-18-9-7-13-25(26(18)24)34(30,32)33/h4-17H,3H2,1-2H3,(H,28,31)/t17-/m1/s1. The van der Waals surface area contributed by atoms with Gasteiger partial charge in [-0.05, 0) is 55.6 Å². The van der Waals surface area contributed by atoms with Crippen LogP contribution in [0.2, 0.25) is 0 Å². The van der Waals surface area contributed by atoms with Crippen LogP contribution < -0.4 is 9.62 Å². The fourth-order valence-corrected chi connectivity index (χ4v) is 7.03. The first-order valence-electron chi connectivity index (χ1n) is 11.3. The summed E-state index contributed by atoms with van der Waals surface area (Å²) in [5.74, 6) is -0.382. The van der Waals surface area contributed by atoms with Crippen molar-refractivity contribution >= 4 is 59.9 Å². The van der Waals surface area contributed by atoms with Crippen molar-refractivity contribution in [1.82, 2.24) is 4.57 Å². The number of fused-ring (bicyclic) bond motifs is 3. The Hall–Kier alpha value is -3.84. The molecule has 0 aliphatic carbocycles. The van der Waals surface area contributed by atoms with Gasteiger partial charge < -0.3 is 9.88 Å². The molecule has 1 aromatic heterocycles. The number of hydrogen-bond acceptors (Lipinski definition) is 3. The van der Waals surface area contributed by atoms with E-state index in [0.29, 0.717) is 16.8 Å². The number of anilines is 2. The van der Waals surface area contributed by atoms with E-state index in [1.165, 1.54) is 4.31 Å². The number of para-hydroxylation sites is 1. The third-order valence-electron chi connectivity index (χ3n) is 6.71. The number of nitrogens with one attached hydrogen (secondary N) is 1. The lowest BCUT2D eigenvalue weighted by Gasteiger charge is -2.25. The molecule has 1 amide bonds. The molecule has 0 fully saturated rings. The molecule has 5 aromatic rings. The minimum Gasteiger partial charge on any atom is -0.341 e. The molecule has 0 radical (unpaired) electrons. The Morgan fingerprint density at radius 3 is 2.44 bits per heavy atom. The average Bonchev–Trinajstić information content (AvgIpc) is 3.28. The topological polar surface area (TPSA) is 71.4 Å². The van der Waals surface area contributed by atoms with E-state index in [4.69, 9.17) is 0 Å². The van der Waals surface area contributed by atoms with E-state index in [1.807, 2.05) is 48.5 Å². The average molecular weight is 470 g/mol. The third-order valence-corrected chi connectivity index (χ3v) is 8.63. The first-order chi connectivity index (χ1) is 16.4. The van der Waals surface area contributed by atoms with Crippen molar-refractivity contribution in [3.63, 3.8) is 0 Å². The number of aryl methyl sites for hydroxylation is 1. The summed E-state index contributed by atoms with van der Waals surface area (Å²) < 4.78 is 30.2. The number of nitrogens with zero attached hydrogens (tertiary/aromatic N) is 2. The fraction of sp³-hybridized carbons (Fsp3) is 0.148. The van der Waals surface area contributed by atoms with Crippen LogP contribution in [0.15, 0.2) is 83.8 Å². The maximum atomic E-state index is 13.4. The van der Waals surface area contributed by atoms with Gasteiger partial charge in [-0.25, -0.2) is 8.42 Å². The van der Waals surface area contributed by atoms with E-state index >= 15 is 0 Å². The summed E-state index contributed by atoms with van der Waals surface area (Å²) in [7, 11) is -3.83. The maximum absolute atomic E-state index is 13.4. The van der Waals surface area contributed by atoms with Crippen LogP contribution in [-0.4, -0.2) is 24.9 Å². The molecule has 6 nitrogen and oxygen atoms in total. The smallest absolute Gasteiger partial charge is 0.265 e. The van der Waals surface area contributed by atoms with Crippen molar-refractivity contribution in [2.45, 2.75) is 31.3 Å². The highest BCUT2D eigenvalue weighted by atomic mass is 32.2. The van der Waals surface area contributed by atoms with Gasteiger partial charge in [0.2, 0.25) is 5.91 Å².